The highest BCUT2D eigenvalue weighted by Crippen LogP contribution is 2.64. The molecule has 14 heteroatoms. The molecule has 348 valence electrons. The van der Waals surface area contributed by atoms with E-state index in [-0.39, 0.29) is 70.7 Å². The Bertz CT molecular complexity index is 2690. The lowest BCUT2D eigenvalue weighted by molar-refractivity contribution is -0.154. The highest BCUT2D eigenvalue weighted by molar-refractivity contribution is 6.31. The maximum absolute atomic E-state index is 16.5. The fourth-order valence-corrected chi connectivity index (χ4v) is 14.4. The molecule has 3 aromatic rings. The van der Waals surface area contributed by atoms with E-state index in [1.807, 2.05) is 23.1 Å². The van der Waals surface area contributed by atoms with Crippen molar-refractivity contribution in [2.45, 2.75) is 138 Å². The lowest BCUT2D eigenvalue weighted by Crippen LogP contribution is -2.60. The SMILES string of the molecule is O=C1CCC(N2Cc3c(C#CC4CCN(C(=O)C56CCC(CC(=O)[C@@H]7NC8(CCCCC8)[C@@]8(C(=O)Nc9cc(Cl)ccc98)[C@H]7c7cccc(Cl)c7F)(CC5)CC6)CC4)cccc3C2=O)C(=O)N1. The highest BCUT2D eigenvalue weighted by atomic mass is 35.5. The average molecular weight is 947 g/mol. The van der Waals surface area contributed by atoms with Crippen molar-refractivity contribution in [2.75, 3.05) is 18.4 Å². The largest absolute Gasteiger partial charge is 0.342 e. The van der Waals surface area contributed by atoms with Crippen LogP contribution in [-0.4, -0.2) is 75.8 Å². The number of anilines is 1. The van der Waals surface area contributed by atoms with Crippen molar-refractivity contribution in [2.24, 2.45) is 16.7 Å². The molecule has 4 aliphatic carbocycles. The summed E-state index contributed by atoms with van der Waals surface area (Å²) in [5.41, 5.74) is 0.860. The van der Waals surface area contributed by atoms with Crippen LogP contribution >= 0.6 is 23.2 Å². The summed E-state index contributed by atoms with van der Waals surface area (Å²) in [5.74, 6) is 4.33. The number of nitrogens with one attached hydrogen (secondary N) is 3. The lowest BCUT2D eigenvalue weighted by atomic mass is 9.51. The summed E-state index contributed by atoms with van der Waals surface area (Å²) in [4.78, 5) is 85.8. The Labute approximate surface area is 399 Å². The Morgan fingerprint density at radius 3 is 2.30 bits per heavy atom. The van der Waals surface area contributed by atoms with E-state index in [2.05, 4.69) is 27.8 Å². The van der Waals surface area contributed by atoms with E-state index in [0.29, 0.717) is 67.9 Å². The van der Waals surface area contributed by atoms with Gasteiger partial charge in [0.25, 0.3) is 5.91 Å². The second-order valence-corrected chi connectivity index (χ2v) is 21.7. The van der Waals surface area contributed by atoms with Crippen molar-refractivity contribution >= 4 is 64.2 Å². The van der Waals surface area contributed by atoms with E-state index in [4.69, 9.17) is 23.2 Å². The molecule has 5 heterocycles. The summed E-state index contributed by atoms with van der Waals surface area (Å²) in [7, 11) is 0. The van der Waals surface area contributed by atoms with Crippen LogP contribution in [0.15, 0.2) is 54.6 Å². The van der Waals surface area contributed by atoms with E-state index in [1.165, 1.54) is 6.07 Å². The monoisotopic (exact) mass is 945 g/mol. The van der Waals surface area contributed by atoms with Gasteiger partial charge < -0.3 is 15.1 Å². The number of benzene rings is 3. The first-order valence-corrected chi connectivity index (χ1v) is 25.0. The molecule has 11 nitrogen and oxygen atoms in total. The first-order valence-electron chi connectivity index (χ1n) is 24.2. The second kappa shape index (κ2) is 16.6. The first-order chi connectivity index (χ1) is 32.3. The quantitative estimate of drug-likeness (QED) is 0.167. The molecular formula is C53H54Cl2FN5O6. The van der Waals surface area contributed by atoms with E-state index in [9.17, 15) is 24.0 Å². The molecule has 4 atom stereocenters. The van der Waals surface area contributed by atoms with E-state index < -0.39 is 46.1 Å². The van der Waals surface area contributed by atoms with Crippen LogP contribution in [0.4, 0.5) is 10.1 Å². The number of Topliss-reactive ketones (excluding diaryl/α,β-unsaturated/α-hetero) is 1. The van der Waals surface area contributed by atoms with Gasteiger partial charge in [-0.25, -0.2) is 4.39 Å². The van der Waals surface area contributed by atoms with Crippen LogP contribution in [0, 0.1) is 34.4 Å². The Kier molecular flexibility index (Phi) is 11.0. The molecule has 1 unspecified atom stereocenters. The second-order valence-electron chi connectivity index (χ2n) is 20.8. The summed E-state index contributed by atoms with van der Waals surface area (Å²) in [6, 6.07) is 14.2. The van der Waals surface area contributed by atoms with Crippen molar-refractivity contribution < 1.29 is 33.2 Å². The number of likely N-dealkylation sites (tertiary alicyclic amines) is 1. The Balaban J connectivity index is 0.773. The number of rotatable bonds is 6. The summed E-state index contributed by atoms with van der Waals surface area (Å²) in [6.45, 7) is 1.49. The number of hydrogen-bond acceptors (Lipinski definition) is 7. The zero-order valence-electron chi connectivity index (χ0n) is 37.4. The number of nitrogens with zero attached hydrogens (tertiary/aromatic N) is 2. The van der Waals surface area contributed by atoms with Crippen molar-refractivity contribution in [3.05, 3.63) is 98.3 Å². The first kappa shape index (κ1) is 44.4. The molecule has 2 bridgehead atoms. The number of ketones is 1. The van der Waals surface area contributed by atoms with Gasteiger partial charge in [-0.15, -0.1) is 0 Å². The molecule has 0 radical (unpaired) electrons. The van der Waals surface area contributed by atoms with Crippen molar-refractivity contribution in [3.63, 3.8) is 0 Å². The Morgan fingerprint density at radius 2 is 1.57 bits per heavy atom. The minimum atomic E-state index is -1.28. The molecule has 4 saturated carbocycles. The number of carbonyl (C=O) groups excluding carboxylic acids is 6. The van der Waals surface area contributed by atoms with Gasteiger partial charge in [-0.05, 0) is 123 Å². The Morgan fingerprint density at radius 1 is 0.836 bits per heavy atom. The van der Waals surface area contributed by atoms with Crippen LogP contribution in [0.2, 0.25) is 10.0 Å². The molecule has 3 aromatic carbocycles. The summed E-state index contributed by atoms with van der Waals surface area (Å²) in [6.07, 6.45) is 10.7. The molecule has 3 N–H and O–H groups in total. The summed E-state index contributed by atoms with van der Waals surface area (Å²) < 4.78 is 16.5. The third-order valence-corrected chi connectivity index (χ3v) is 18.1. The van der Waals surface area contributed by atoms with E-state index >= 15 is 9.18 Å². The predicted octanol–water partition coefficient (Wildman–Crippen LogP) is 8.13. The standard InChI is InChI=1S/C53H54Cl2FN5O6/c54-33-12-13-37-39(28-33)57-48(66)53(37)43(35-8-5-9-38(55)44(35)56)45(59-52(53)18-2-1-3-19-52)41(62)29-50-20-23-51(24-21-50,25-22-50)49(67)60-26-16-31(17-27-60)10-11-32-6-4-7-34-36(32)30-61(47(34)65)40-14-15-42(63)58-46(40)64/h4-9,12-13,28,31,40,43,45,59H,1-3,14-27,29-30H2,(H,57,66)(H,58,63,64)/t40?,43-,45-,50?,51?,53+/m0/s1. The molecule has 7 fully saturated rings. The van der Waals surface area contributed by atoms with E-state index in [0.717, 1.165) is 68.1 Å². The molecule has 5 aliphatic heterocycles. The zero-order chi connectivity index (χ0) is 46.5. The average Bonchev–Trinajstić information content (AvgIpc) is 3.93. The molecule has 0 aromatic heterocycles. The minimum Gasteiger partial charge on any atom is -0.342 e. The smallest absolute Gasteiger partial charge is 0.255 e. The normalized spacial score (nSPS) is 30.8. The molecule has 3 saturated heterocycles. The zero-order valence-corrected chi connectivity index (χ0v) is 38.9. The van der Waals surface area contributed by atoms with Gasteiger partial charge in [0, 0.05) is 77.1 Å². The molecule has 9 aliphatic rings. The highest BCUT2D eigenvalue weighted by Gasteiger charge is 2.72. The van der Waals surface area contributed by atoms with Gasteiger partial charge in [0.1, 0.15) is 17.3 Å². The maximum Gasteiger partial charge on any atom is 0.255 e. The van der Waals surface area contributed by atoms with Crippen molar-refractivity contribution in [1.82, 2.24) is 20.4 Å². The van der Waals surface area contributed by atoms with Gasteiger partial charge >= 0.3 is 0 Å². The van der Waals surface area contributed by atoms with Gasteiger partial charge in [0.2, 0.25) is 23.6 Å². The lowest BCUT2D eigenvalue weighted by Gasteiger charge is -2.54. The van der Waals surface area contributed by atoms with Gasteiger partial charge in [-0.2, -0.15) is 0 Å². The molecule has 2 spiro atoms. The number of amides is 5. The number of hydrogen-bond donors (Lipinski definition) is 3. The third-order valence-electron chi connectivity index (χ3n) is 17.5. The summed E-state index contributed by atoms with van der Waals surface area (Å²) >= 11 is 13.0. The maximum atomic E-state index is 16.5. The van der Waals surface area contributed by atoms with Crippen LogP contribution in [-0.2, 0) is 35.9 Å². The van der Waals surface area contributed by atoms with Crippen LogP contribution < -0.4 is 16.0 Å². The predicted molar refractivity (Wildman–Crippen MR) is 250 cm³/mol. The van der Waals surface area contributed by atoms with Gasteiger partial charge in [0.05, 0.1) is 11.1 Å². The van der Waals surface area contributed by atoms with Crippen molar-refractivity contribution in [3.8, 4) is 11.8 Å². The topological polar surface area (TPSA) is 145 Å². The van der Waals surface area contributed by atoms with Crippen LogP contribution in [0.25, 0.3) is 0 Å². The van der Waals surface area contributed by atoms with Gasteiger partial charge in [-0.3, -0.25) is 39.4 Å². The molecule has 5 amide bonds. The summed E-state index contributed by atoms with van der Waals surface area (Å²) in [5, 5.41) is 9.72. The number of fused-ring (bicyclic) bond motifs is 7. The van der Waals surface area contributed by atoms with Crippen LogP contribution in [0.5, 0.6) is 0 Å². The van der Waals surface area contributed by atoms with E-state index in [1.54, 1.807) is 35.2 Å². The van der Waals surface area contributed by atoms with Gasteiger partial charge in [-0.1, -0.05) is 78.6 Å². The number of piperidine rings is 2. The number of imide groups is 1. The van der Waals surface area contributed by atoms with Crippen LogP contribution in [0.3, 0.4) is 0 Å². The van der Waals surface area contributed by atoms with Crippen LogP contribution in [0.1, 0.15) is 141 Å². The number of carbonyl (C=O) groups is 6. The third kappa shape index (κ3) is 6.99. The van der Waals surface area contributed by atoms with Crippen molar-refractivity contribution in [1.29, 1.82) is 0 Å². The fraction of sp³-hybridized carbons (Fsp3) is 0.509. The minimum absolute atomic E-state index is 0.0241. The fourth-order valence-electron chi connectivity index (χ4n) is 14.0. The molecule has 12 rings (SSSR count). The number of halogens is 3. The molecule has 67 heavy (non-hydrogen) atoms. The van der Waals surface area contributed by atoms with Gasteiger partial charge in [0.15, 0.2) is 5.78 Å². The molecular weight excluding hydrogens is 893 g/mol. The Hall–Kier alpha value is -5.09.